The molecule has 1 atom stereocenters. The maximum absolute atomic E-state index is 14.6. The lowest BCUT2D eigenvalue weighted by molar-refractivity contribution is 0.0429. The summed E-state index contributed by atoms with van der Waals surface area (Å²) >= 11 is 0. The third-order valence-corrected chi connectivity index (χ3v) is 5.61. The van der Waals surface area contributed by atoms with Gasteiger partial charge in [0.1, 0.15) is 18.3 Å². The van der Waals surface area contributed by atoms with E-state index in [-0.39, 0.29) is 36.3 Å². The molecule has 2 amide bonds. The maximum atomic E-state index is 14.6. The van der Waals surface area contributed by atoms with Crippen molar-refractivity contribution in [3.05, 3.63) is 52.2 Å². The number of halogens is 4. The molecule has 172 valence electrons. The Morgan fingerprint density at radius 2 is 1.88 bits per heavy atom. The van der Waals surface area contributed by atoms with E-state index < -0.39 is 30.5 Å². The molecule has 1 saturated heterocycles. The van der Waals surface area contributed by atoms with Crippen molar-refractivity contribution in [3.63, 3.8) is 0 Å². The van der Waals surface area contributed by atoms with Gasteiger partial charge >= 0.3 is 6.03 Å². The third kappa shape index (κ3) is 4.34. The molecule has 0 aliphatic carbocycles. The van der Waals surface area contributed by atoms with E-state index in [0.29, 0.717) is 37.6 Å². The van der Waals surface area contributed by atoms with Crippen LogP contribution in [0.2, 0.25) is 0 Å². The van der Waals surface area contributed by atoms with Crippen molar-refractivity contribution >= 4 is 11.8 Å². The minimum atomic E-state index is -2.94. The standard InChI is InChI=1S/C21H23F4N5O2/c1-12(13-3-2-4-14(18(13)23)19(24)25)26-20-15-10-30(11-16(15)27-17(9-22)28-20)21(31)29-5-7-32-8-6-29/h2-4,12,19H,5-11H2,1H3,(H,26,27,28)/t12-/m1/s1. The van der Waals surface area contributed by atoms with E-state index >= 15 is 0 Å². The molecule has 0 saturated carbocycles. The van der Waals surface area contributed by atoms with Gasteiger partial charge < -0.3 is 19.9 Å². The molecular formula is C21H23F4N5O2. The first-order chi connectivity index (χ1) is 15.4. The van der Waals surface area contributed by atoms with Crippen molar-refractivity contribution in [2.45, 2.75) is 39.2 Å². The Morgan fingerprint density at radius 3 is 2.56 bits per heavy atom. The van der Waals surface area contributed by atoms with Crippen LogP contribution < -0.4 is 5.32 Å². The number of nitrogens with one attached hydrogen (secondary N) is 1. The molecule has 1 fully saturated rings. The van der Waals surface area contributed by atoms with Crippen LogP contribution in [0.4, 0.5) is 28.2 Å². The summed E-state index contributed by atoms with van der Waals surface area (Å²) in [5, 5.41) is 3.01. The van der Waals surface area contributed by atoms with Gasteiger partial charge in [0.25, 0.3) is 6.43 Å². The van der Waals surface area contributed by atoms with Crippen molar-refractivity contribution < 1.29 is 27.1 Å². The predicted molar refractivity (Wildman–Crippen MR) is 107 cm³/mol. The topological polar surface area (TPSA) is 70.6 Å². The van der Waals surface area contributed by atoms with Gasteiger partial charge in [0.2, 0.25) is 0 Å². The maximum Gasteiger partial charge on any atom is 0.320 e. The van der Waals surface area contributed by atoms with Gasteiger partial charge in [-0.05, 0) is 6.92 Å². The van der Waals surface area contributed by atoms with Crippen LogP contribution in [0.15, 0.2) is 18.2 Å². The summed E-state index contributed by atoms with van der Waals surface area (Å²) in [6, 6.07) is 2.89. The van der Waals surface area contributed by atoms with Crippen LogP contribution >= 0.6 is 0 Å². The van der Waals surface area contributed by atoms with E-state index in [9.17, 15) is 22.4 Å². The van der Waals surface area contributed by atoms with Crippen LogP contribution in [0, 0.1) is 5.82 Å². The molecule has 2 aromatic rings. The predicted octanol–water partition coefficient (Wildman–Crippen LogP) is 3.96. The number of morpholine rings is 1. The highest BCUT2D eigenvalue weighted by Gasteiger charge is 2.32. The zero-order valence-electron chi connectivity index (χ0n) is 17.5. The van der Waals surface area contributed by atoms with E-state index in [0.717, 1.165) is 6.07 Å². The molecule has 0 radical (unpaired) electrons. The summed E-state index contributed by atoms with van der Waals surface area (Å²) in [6.45, 7) is 2.97. The number of carbonyl (C=O) groups is 1. The minimum Gasteiger partial charge on any atom is -0.378 e. The Balaban J connectivity index is 1.58. The largest absolute Gasteiger partial charge is 0.378 e. The highest BCUT2D eigenvalue weighted by Crippen LogP contribution is 2.32. The van der Waals surface area contributed by atoms with E-state index in [2.05, 4.69) is 15.3 Å². The molecule has 3 heterocycles. The molecule has 1 aromatic heterocycles. The lowest BCUT2D eigenvalue weighted by atomic mass is 10.0. The number of hydrogen-bond acceptors (Lipinski definition) is 5. The molecule has 11 heteroatoms. The Hall–Kier alpha value is -2.95. The lowest BCUT2D eigenvalue weighted by Crippen LogP contribution is -2.46. The number of amides is 2. The number of rotatable bonds is 5. The average Bonchev–Trinajstić information content (AvgIpc) is 3.23. The second-order valence-corrected chi connectivity index (χ2v) is 7.70. The van der Waals surface area contributed by atoms with Gasteiger partial charge in [-0.3, -0.25) is 0 Å². The smallest absolute Gasteiger partial charge is 0.320 e. The molecule has 0 spiro atoms. The fraction of sp³-hybridized carbons (Fsp3) is 0.476. The normalized spacial score (nSPS) is 16.9. The summed E-state index contributed by atoms with van der Waals surface area (Å²) in [6.07, 6.45) is -2.94. The number of anilines is 1. The van der Waals surface area contributed by atoms with Crippen LogP contribution in [-0.4, -0.2) is 52.1 Å². The number of hydrogen-bond donors (Lipinski definition) is 1. The van der Waals surface area contributed by atoms with Gasteiger partial charge in [-0.2, -0.15) is 0 Å². The Bertz CT molecular complexity index is 1000. The quantitative estimate of drug-likeness (QED) is 0.694. The third-order valence-electron chi connectivity index (χ3n) is 5.61. The number of fused-ring (bicyclic) bond motifs is 1. The summed E-state index contributed by atoms with van der Waals surface area (Å²) in [5.74, 6) is -0.807. The second kappa shape index (κ2) is 9.27. The molecule has 1 N–H and O–H groups in total. The van der Waals surface area contributed by atoms with E-state index in [4.69, 9.17) is 4.74 Å². The van der Waals surface area contributed by atoms with Crippen LogP contribution in [0.5, 0.6) is 0 Å². The fourth-order valence-electron chi connectivity index (χ4n) is 3.93. The highest BCUT2D eigenvalue weighted by molar-refractivity contribution is 5.76. The van der Waals surface area contributed by atoms with Crippen LogP contribution in [0.1, 0.15) is 47.6 Å². The molecule has 0 bridgehead atoms. The zero-order valence-corrected chi connectivity index (χ0v) is 17.5. The number of carbonyl (C=O) groups excluding carboxylic acids is 1. The van der Waals surface area contributed by atoms with Gasteiger partial charge in [0.15, 0.2) is 5.82 Å². The molecule has 0 unspecified atom stereocenters. The Labute approximate surface area is 182 Å². The summed E-state index contributed by atoms with van der Waals surface area (Å²) in [4.78, 5) is 24.5. The van der Waals surface area contributed by atoms with Crippen LogP contribution in [0.3, 0.4) is 0 Å². The van der Waals surface area contributed by atoms with E-state index in [1.165, 1.54) is 12.1 Å². The van der Waals surface area contributed by atoms with Crippen molar-refractivity contribution in [1.29, 1.82) is 0 Å². The monoisotopic (exact) mass is 453 g/mol. The molecule has 2 aliphatic heterocycles. The van der Waals surface area contributed by atoms with Crippen LogP contribution in [-0.2, 0) is 24.5 Å². The molecule has 4 rings (SSSR count). The number of aromatic nitrogens is 2. The van der Waals surface area contributed by atoms with Crippen LogP contribution in [0.25, 0.3) is 0 Å². The van der Waals surface area contributed by atoms with Gasteiger partial charge in [0.05, 0.1) is 43.6 Å². The summed E-state index contributed by atoms with van der Waals surface area (Å²) in [7, 11) is 0. The van der Waals surface area contributed by atoms with E-state index in [1.54, 1.807) is 16.7 Å². The molecule has 7 nitrogen and oxygen atoms in total. The minimum absolute atomic E-state index is 0.0382. The Morgan fingerprint density at radius 1 is 1.16 bits per heavy atom. The SMILES string of the molecule is C[C@@H](Nc1nc(CF)nc2c1CN(C(=O)N1CCOCC1)C2)c1cccc(C(F)F)c1F. The number of alkyl halides is 3. The van der Waals surface area contributed by atoms with Crippen molar-refractivity contribution in [2.75, 3.05) is 31.6 Å². The summed E-state index contributed by atoms with van der Waals surface area (Å²) in [5.41, 5.74) is 0.457. The highest BCUT2D eigenvalue weighted by atomic mass is 19.3. The van der Waals surface area contributed by atoms with Gasteiger partial charge in [-0.1, -0.05) is 18.2 Å². The van der Waals surface area contributed by atoms with Crippen molar-refractivity contribution in [1.82, 2.24) is 19.8 Å². The molecule has 2 aliphatic rings. The first kappa shape index (κ1) is 22.3. The van der Waals surface area contributed by atoms with Gasteiger partial charge in [-0.25, -0.2) is 32.3 Å². The number of benzene rings is 1. The first-order valence-corrected chi connectivity index (χ1v) is 10.3. The molecule has 1 aromatic carbocycles. The number of nitrogens with zero attached hydrogens (tertiary/aromatic N) is 4. The average molecular weight is 453 g/mol. The van der Waals surface area contributed by atoms with Crippen molar-refractivity contribution in [3.8, 4) is 0 Å². The van der Waals surface area contributed by atoms with E-state index in [1.807, 2.05) is 0 Å². The summed E-state index contributed by atoms with van der Waals surface area (Å²) < 4.78 is 59.4. The second-order valence-electron chi connectivity index (χ2n) is 7.70. The molecular weight excluding hydrogens is 430 g/mol. The van der Waals surface area contributed by atoms with Gasteiger partial charge in [0, 0.05) is 24.2 Å². The Kier molecular flexibility index (Phi) is 6.45. The van der Waals surface area contributed by atoms with Gasteiger partial charge in [-0.15, -0.1) is 0 Å². The number of ether oxygens (including phenoxy) is 1. The lowest BCUT2D eigenvalue weighted by Gasteiger charge is -2.30. The fourth-order valence-corrected chi connectivity index (χ4v) is 3.93. The molecule has 32 heavy (non-hydrogen) atoms. The van der Waals surface area contributed by atoms with Crippen molar-refractivity contribution in [2.24, 2.45) is 0 Å². The number of urea groups is 1. The zero-order chi connectivity index (χ0) is 22.8. The first-order valence-electron chi connectivity index (χ1n) is 10.3.